The van der Waals surface area contributed by atoms with Gasteiger partial charge >= 0.3 is 0 Å². The molecule has 0 aliphatic rings. The fraction of sp³-hybridized carbons (Fsp3) is 0.111. The predicted octanol–water partition coefficient (Wildman–Crippen LogP) is 2.69. The fourth-order valence-electron chi connectivity index (χ4n) is 1.16. The molecule has 2 aromatic rings. The molecule has 0 aliphatic carbocycles. The Morgan fingerprint density at radius 3 is 2.92 bits per heavy atom. The standard InChI is InChI=1S/C9H7BrO2/c10-8-3-1-2-6-4-7(5-11)12-9(6)8/h1-4,11H,5H2. The Morgan fingerprint density at radius 1 is 1.42 bits per heavy atom. The monoisotopic (exact) mass is 226 g/mol. The highest BCUT2D eigenvalue weighted by Crippen LogP contribution is 2.26. The van der Waals surface area contributed by atoms with E-state index in [1.54, 1.807) is 0 Å². The molecule has 0 atom stereocenters. The van der Waals surface area contributed by atoms with Crippen LogP contribution in [0.25, 0.3) is 11.0 Å². The van der Waals surface area contributed by atoms with Crippen LogP contribution in [0, 0.1) is 0 Å². The third kappa shape index (κ3) is 1.15. The zero-order valence-electron chi connectivity index (χ0n) is 6.25. The van der Waals surface area contributed by atoms with Gasteiger partial charge in [-0.3, -0.25) is 0 Å². The summed E-state index contributed by atoms with van der Waals surface area (Å²) in [7, 11) is 0. The van der Waals surface area contributed by atoms with E-state index in [0.29, 0.717) is 5.76 Å². The number of para-hydroxylation sites is 1. The van der Waals surface area contributed by atoms with Gasteiger partial charge in [0.05, 0.1) is 4.47 Å². The number of fused-ring (bicyclic) bond motifs is 1. The van der Waals surface area contributed by atoms with Crippen molar-refractivity contribution >= 4 is 26.9 Å². The summed E-state index contributed by atoms with van der Waals surface area (Å²) in [6.07, 6.45) is 0. The molecule has 2 nitrogen and oxygen atoms in total. The van der Waals surface area contributed by atoms with Crippen molar-refractivity contribution < 1.29 is 9.52 Å². The van der Waals surface area contributed by atoms with Crippen LogP contribution in [-0.2, 0) is 6.61 Å². The highest BCUT2D eigenvalue weighted by Gasteiger charge is 2.04. The summed E-state index contributed by atoms with van der Waals surface area (Å²) in [5.74, 6) is 0.594. The average molecular weight is 227 g/mol. The molecular weight excluding hydrogens is 220 g/mol. The summed E-state index contributed by atoms with van der Waals surface area (Å²) in [6, 6.07) is 7.62. The number of hydrogen-bond donors (Lipinski definition) is 1. The van der Waals surface area contributed by atoms with Gasteiger partial charge in [0, 0.05) is 5.39 Å². The van der Waals surface area contributed by atoms with E-state index in [0.717, 1.165) is 15.4 Å². The molecule has 0 radical (unpaired) electrons. The van der Waals surface area contributed by atoms with E-state index in [1.807, 2.05) is 24.3 Å². The van der Waals surface area contributed by atoms with Crippen LogP contribution < -0.4 is 0 Å². The van der Waals surface area contributed by atoms with E-state index < -0.39 is 0 Å². The molecule has 0 spiro atoms. The van der Waals surface area contributed by atoms with Crippen LogP contribution in [0.1, 0.15) is 5.76 Å². The van der Waals surface area contributed by atoms with Gasteiger partial charge in [-0.25, -0.2) is 0 Å². The number of halogens is 1. The summed E-state index contributed by atoms with van der Waals surface area (Å²) in [5, 5.41) is 9.83. The zero-order valence-corrected chi connectivity index (χ0v) is 7.84. The van der Waals surface area contributed by atoms with Crippen LogP contribution in [0.5, 0.6) is 0 Å². The van der Waals surface area contributed by atoms with Crippen LogP contribution in [0.15, 0.2) is 33.2 Å². The van der Waals surface area contributed by atoms with Gasteiger partial charge in [0.15, 0.2) is 0 Å². The minimum Gasteiger partial charge on any atom is -0.457 e. The van der Waals surface area contributed by atoms with Crippen molar-refractivity contribution in [3.8, 4) is 0 Å². The second-order valence-electron chi connectivity index (χ2n) is 2.53. The van der Waals surface area contributed by atoms with Gasteiger partial charge in [-0.15, -0.1) is 0 Å². The fourth-order valence-corrected chi connectivity index (χ4v) is 1.62. The van der Waals surface area contributed by atoms with Crippen LogP contribution in [0.4, 0.5) is 0 Å². The molecule has 0 amide bonds. The largest absolute Gasteiger partial charge is 0.457 e. The van der Waals surface area contributed by atoms with E-state index >= 15 is 0 Å². The second-order valence-corrected chi connectivity index (χ2v) is 3.38. The molecule has 0 fully saturated rings. The van der Waals surface area contributed by atoms with Crippen LogP contribution >= 0.6 is 15.9 Å². The lowest BCUT2D eigenvalue weighted by Gasteiger charge is -1.89. The maximum Gasteiger partial charge on any atom is 0.148 e. The van der Waals surface area contributed by atoms with Gasteiger partial charge in [0.2, 0.25) is 0 Å². The molecule has 62 valence electrons. The number of aliphatic hydroxyl groups excluding tert-OH is 1. The molecule has 12 heavy (non-hydrogen) atoms. The highest BCUT2D eigenvalue weighted by molar-refractivity contribution is 9.10. The van der Waals surface area contributed by atoms with Crippen molar-refractivity contribution in [2.75, 3.05) is 0 Å². The Kier molecular flexibility index (Phi) is 1.90. The summed E-state index contributed by atoms with van der Waals surface area (Å²) >= 11 is 3.36. The Hall–Kier alpha value is -0.800. The van der Waals surface area contributed by atoms with Crippen LogP contribution in [0.3, 0.4) is 0 Å². The number of furan rings is 1. The smallest absolute Gasteiger partial charge is 0.148 e. The SMILES string of the molecule is OCc1cc2cccc(Br)c2o1. The van der Waals surface area contributed by atoms with Crippen molar-refractivity contribution in [3.63, 3.8) is 0 Å². The van der Waals surface area contributed by atoms with Gasteiger partial charge in [0.25, 0.3) is 0 Å². The van der Waals surface area contributed by atoms with E-state index in [1.165, 1.54) is 0 Å². The first-order valence-electron chi connectivity index (χ1n) is 3.59. The Labute approximate surface area is 77.9 Å². The van der Waals surface area contributed by atoms with Gasteiger partial charge in [0.1, 0.15) is 18.0 Å². The molecule has 0 unspecified atom stereocenters. The van der Waals surface area contributed by atoms with Gasteiger partial charge in [-0.05, 0) is 28.1 Å². The molecule has 1 aromatic carbocycles. The van der Waals surface area contributed by atoms with Gasteiger partial charge in [-0.1, -0.05) is 12.1 Å². The zero-order chi connectivity index (χ0) is 8.55. The van der Waals surface area contributed by atoms with Crippen molar-refractivity contribution in [2.24, 2.45) is 0 Å². The highest BCUT2D eigenvalue weighted by atomic mass is 79.9. The van der Waals surface area contributed by atoms with E-state index in [2.05, 4.69) is 15.9 Å². The van der Waals surface area contributed by atoms with Crippen molar-refractivity contribution in [1.82, 2.24) is 0 Å². The van der Waals surface area contributed by atoms with E-state index in [9.17, 15) is 0 Å². The van der Waals surface area contributed by atoms with Crippen LogP contribution in [0.2, 0.25) is 0 Å². The molecular formula is C9H7BrO2. The molecule has 1 heterocycles. The maximum absolute atomic E-state index is 8.82. The first-order valence-corrected chi connectivity index (χ1v) is 4.38. The van der Waals surface area contributed by atoms with E-state index in [4.69, 9.17) is 9.52 Å². The molecule has 0 bridgehead atoms. The molecule has 3 heteroatoms. The summed E-state index contributed by atoms with van der Waals surface area (Å²) in [6.45, 7) is -0.0544. The van der Waals surface area contributed by atoms with Crippen molar-refractivity contribution in [2.45, 2.75) is 6.61 Å². The lowest BCUT2D eigenvalue weighted by atomic mass is 10.2. The van der Waals surface area contributed by atoms with E-state index in [-0.39, 0.29) is 6.61 Å². The lowest BCUT2D eigenvalue weighted by molar-refractivity contribution is 0.251. The molecule has 2 rings (SSSR count). The van der Waals surface area contributed by atoms with Gasteiger partial charge in [-0.2, -0.15) is 0 Å². The van der Waals surface area contributed by atoms with Crippen molar-refractivity contribution in [1.29, 1.82) is 0 Å². The second kappa shape index (κ2) is 2.92. The minimum atomic E-state index is -0.0544. The lowest BCUT2D eigenvalue weighted by Crippen LogP contribution is -1.72. The van der Waals surface area contributed by atoms with Crippen LogP contribution in [-0.4, -0.2) is 5.11 Å². The predicted molar refractivity (Wildman–Crippen MR) is 49.8 cm³/mol. The molecule has 1 N–H and O–H groups in total. The topological polar surface area (TPSA) is 33.4 Å². The number of rotatable bonds is 1. The first-order chi connectivity index (χ1) is 5.81. The quantitative estimate of drug-likeness (QED) is 0.812. The van der Waals surface area contributed by atoms with Gasteiger partial charge < -0.3 is 9.52 Å². The summed E-state index contributed by atoms with van der Waals surface area (Å²) in [5.41, 5.74) is 0.793. The molecule has 0 saturated carbocycles. The normalized spacial score (nSPS) is 10.8. The summed E-state index contributed by atoms with van der Waals surface area (Å²) in [4.78, 5) is 0. The maximum atomic E-state index is 8.82. The summed E-state index contributed by atoms with van der Waals surface area (Å²) < 4.78 is 6.27. The molecule has 1 aromatic heterocycles. The molecule has 0 aliphatic heterocycles. The Morgan fingerprint density at radius 2 is 2.25 bits per heavy atom. The first kappa shape index (κ1) is 7.83. The Bertz CT molecular complexity index is 406. The van der Waals surface area contributed by atoms with Crippen molar-refractivity contribution in [3.05, 3.63) is 34.5 Å². The number of benzene rings is 1. The third-order valence-electron chi connectivity index (χ3n) is 1.70. The number of aliphatic hydroxyl groups is 1. The molecule has 0 saturated heterocycles. The average Bonchev–Trinajstić information content (AvgIpc) is 2.49. The Balaban J connectivity index is 2.74. The number of hydrogen-bond acceptors (Lipinski definition) is 2. The minimum absolute atomic E-state index is 0.0544. The third-order valence-corrected chi connectivity index (χ3v) is 2.33.